The number of hydrogen-bond acceptors (Lipinski definition) is 6. The Morgan fingerprint density at radius 3 is 0.921 bits per heavy atom. The average Bonchev–Trinajstić information content (AvgIpc) is 3.28. The van der Waals surface area contributed by atoms with Gasteiger partial charge in [0.15, 0.2) is 6.10 Å². The molecule has 0 amide bonds. The van der Waals surface area contributed by atoms with Gasteiger partial charge in [-0.1, -0.05) is 204 Å². The maximum absolute atomic E-state index is 12.8. The van der Waals surface area contributed by atoms with Gasteiger partial charge in [0.25, 0.3) is 0 Å². The van der Waals surface area contributed by atoms with Gasteiger partial charge in [0, 0.05) is 19.3 Å². The lowest BCUT2D eigenvalue weighted by atomic mass is 10.1. The molecule has 0 aliphatic rings. The molecule has 6 heteroatoms. The van der Waals surface area contributed by atoms with E-state index in [0.29, 0.717) is 19.3 Å². The third-order valence-corrected chi connectivity index (χ3v) is 11.8. The molecule has 0 aromatic heterocycles. The number of carbonyl (C=O) groups excluding carboxylic acids is 3. The summed E-state index contributed by atoms with van der Waals surface area (Å²) in [6, 6.07) is 0. The minimum atomic E-state index is -0.785. The second-order valence-corrected chi connectivity index (χ2v) is 18.1. The first-order chi connectivity index (χ1) is 31.0. The zero-order valence-electron chi connectivity index (χ0n) is 41.8. The van der Waals surface area contributed by atoms with E-state index < -0.39 is 6.10 Å². The molecule has 366 valence electrons. The summed E-state index contributed by atoms with van der Waals surface area (Å²) in [6.07, 6.45) is 62.3. The Balaban J connectivity index is 4.41. The number of ether oxygens (including phenoxy) is 3. The first kappa shape index (κ1) is 60.4. The molecular weight excluding hydrogens is 781 g/mol. The average molecular weight is 883 g/mol. The highest BCUT2D eigenvalue weighted by atomic mass is 16.6. The van der Waals surface area contributed by atoms with Gasteiger partial charge in [-0.2, -0.15) is 0 Å². The second-order valence-electron chi connectivity index (χ2n) is 18.1. The van der Waals surface area contributed by atoms with E-state index in [-0.39, 0.29) is 31.1 Å². The second kappa shape index (κ2) is 52.0. The van der Waals surface area contributed by atoms with Gasteiger partial charge in [0.05, 0.1) is 0 Å². The van der Waals surface area contributed by atoms with E-state index in [4.69, 9.17) is 14.2 Å². The molecular formula is C57H102O6. The molecule has 0 heterocycles. The fraction of sp³-hybridized carbons (Fsp3) is 0.807. The molecule has 0 aromatic rings. The van der Waals surface area contributed by atoms with Gasteiger partial charge in [0.1, 0.15) is 13.2 Å². The van der Waals surface area contributed by atoms with Crippen molar-refractivity contribution in [3.05, 3.63) is 48.6 Å². The standard InChI is InChI=1S/C57H102O6/c1-4-7-10-13-16-19-22-25-28-31-34-37-40-43-46-49-55(58)61-52-54(63-57(60)51-48-45-42-39-36-33-30-27-24-21-18-15-12-9-6-3)53-62-56(59)50-47-44-41-38-35-32-29-26-23-20-17-14-11-8-5-2/h16,19,25-30,54H,4-15,17-18,20-24,31-53H2,1-3H3/b19-16-,28-25-,29-26-,30-27-/t54-/m0/s1. The van der Waals surface area contributed by atoms with Crippen molar-refractivity contribution >= 4 is 17.9 Å². The van der Waals surface area contributed by atoms with Crippen LogP contribution in [0.25, 0.3) is 0 Å². The smallest absolute Gasteiger partial charge is 0.306 e. The largest absolute Gasteiger partial charge is 0.462 e. The van der Waals surface area contributed by atoms with Crippen molar-refractivity contribution in [2.75, 3.05) is 13.2 Å². The quantitative estimate of drug-likeness (QED) is 0.0262. The molecule has 0 fully saturated rings. The molecule has 0 aliphatic heterocycles. The Hall–Kier alpha value is -2.63. The Labute approximate surface area is 390 Å². The maximum atomic E-state index is 12.8. The summed E-state index contributed by atoms with van der Waals surface area (Å²) >= 11 is 0. The van der Waals surface area contributed by atoms with E-state index >= 15 is 0 Å². The molecule has 0 aromatic carbocycles. The lowest BCUT2D eigenvalue weighted by Crippen LogP contribution is -2.30. The predicted octanol–water partition coefficient (Wildman–Crippen LogP) is 17.9. The number of allylic oxidation sites excluding steroid dienone is 8. The van der Waals surface area contributed by atoms with Crippen LogP contribution in [0.3, 0.4) is 0 Å². The Bertz CT molecular complexity index is 1110. The van der Waals surface area contributed by atoms with E-state index in [1.54, 1.807) is 0 Å². The number of hydrogen-bond donors (Lipinski definition) is 0. The van der Waals surface area contributed by atoms with Crippen molar-refractivity contribution in [2.24, 2.45) is 0 Å². The highest BCUT2D eigenvalue weighted by molar-refractivity contribution is 5.71. The number of unbranched alkanes of at least 4 members (excludes halogenated alkanes) is 30. The molecule has 6 nitrogen and oxygen atoms in total. The summed E-state index contributed by atoms with van der Waals surface area (Å²) in [5.41, 5.74) is 0. The van der Waals surface area contributed by atoms with Crippen molar-refractivity contribution < 1.29 is 28.6 Å². The molecule has 0 radical (unpaired) electrons. The molecule has 63 heavy (non-hydrogen) atoms. The van der Waals surface area contributed by atoms with Gasteiger partial charge in [-0.15, -0.1) is 0 Å². The SMILES string of the molecule is CCCCC/C=C\C/C=C\CCCCCCCC(=O)OC[C@@H](COC(=O)CCCCCCC/C=C\CCCCCCCC)OC(=O)CCCCCCC/C=C\CCCCCCCC. The normalized spacial score (nSPS) is 12.4. The highest BCUT2D eigenvalue weighted by Crippen LogP contribution is 2.14. The third kappa shape index (κ3) is 50.2. The van der Waals surface area contributed by atoms with E-state index in [1.165, 1.54) is 141 Å². The first-order valence-corrected chi connectivity index (χ1v) is 27.1. The van der Waals surface area contributed by atoms with Crippen LogP contribution in [0.1, 0.15) is 278 Å². The summed E-state index contributed by atoms with van der Waals surface area (Å²) in [5.74, 6) is -0.906. The molecule has 0 N–H and O–H groups in total. The Morgan fingerprint density at radius 2 is 0.571 bits per heavy atom. The van der Waals surface area contributed by atoms with Crippen molar-refractivity contribution in [3.63, 3.8) is 0 Å². The lowest BCUT2D eigenvalue weighted by molar-refractivity contribution is -0.167. The van der Waals surface area contributed by atoms with Gasteiger partial charge >= 0.3 is 17.9 Å². The summed E-state index contributed by atoms with van der Waals surface area (Å²) in [4.78, 5) is 38.0. The zero-order chi connectivity index (χ0) is 45.8. The number of rotatable bonds is 49. The predicted molar refractivity (Wildman–Crippen MR) is 270 cm³/mol. The van der Waals surface area contributed by atoms with Crippen LogP contribution >= 0.6 is 0 Å². The van der Waals surface area contributed by atoms with Crippen molar-refractivity contribution in [1.29, 1.82) is 0 Å². The van der Waals surface area contributed by atoms with Gasteiger partial charge in [0.2, 0.25) is 0 Å². The van der Waals surface area contributed by atoms with Gasteiger partial charge in [-0.25, -0.2) is 0 Å². The van der Waals surface area contributed by atoms with Crippen LogP contribution in [-0.4, -0.2) is 37.2 Å². The Morgan fingerprint density at radius 1 is 0.317 bits per heavy atom. The summed E-state index contributed by atoms with van der Waals surface area (Å²) in [7, 11) is 0. The number of esters is 3. The van der Waals surface area contributed by atoms with E-state index in [9.17, 15) is 14.4 Å². The summed E-state index contributed by atoms with van der Waals surface area (Å²) < 4.78 is 16.8. The molecule has 1 atom stereocenters. The van der Waals surface area contributed by atoms with Crippen LogP contribution in [0.5, 0.6) is 0 Å². The van der Waals surface area contributed by atoms with E-state index in [1.807, 2.05) is 0 Å². The molecule has 0 bridgehead atoms. The summed E-state index contributed by atoms with van der Waals surface area (Å²) in [5, 5.41) is 0. The van der Waals surface area contributed by atoms with Crippen LogP contribution in [0.4, 0.5) is 0 Å². The lowest BCUT2D eigenvalue weighted by Gasteiger charge is -2.18. The zero-order valence-corrected chi connectivity index (χ0v) is 41.8. The van der Waals surface area contributed by atoms with Crippen LogP contribution in [0.15, 0.2) is 48.6 Å². The van der Waals surface area contributed by atoms with Crippen LogP contribution in [0.2, 0.25) is 0 Å². The van der Waals surface area contributed by atoms with Crippen LogP contribution < -0.4 is 0 Å². The number of carbonyl (C=O) groups is 3. The monoisotopic (exact) mass is 883 g/mol. The highest BCUT2D eigenvalue weighted by Gasteiger charge is 2.19. The summed E-state index contributed by atoms with van der Waals surface area (Å²) in [6.45, 7) is 6.59. The van der Waals surface area contributed by atoms with E-state index in [2.05, 4.69) is 69.4 Å². The fourth-order valence-corrected chi connectivity index (χ4v) is 7.64. The molecule has 0 aliphatic carbocycles. The molecule has 0 rings (SSSR count). The van der Waals surface area contributed by atoms with Crippen molar-refractivity contribution in [2.45, 2.75) is 284 Å². The fourth-order valence-electron chi connectivity index (χ4n) is 7.64. The topological polar surface area (TPSA) is 78.9 Å². The van der Waals surface area contributed by atoms with E-state index in [0.717, 1.165) is 96.3 Å². The van der Waals surface area contributed by atoms with Gasteiger partial charge in [-0.3, -0.25) is 14.4 Å². The molecule has 0 saturated carbocycles. The van der Waals surface area contributed by atoms with Gasteiger partial charge in [-0.05, 0) is 103 Å². The van der Waals surface area contributed by atoms with Crippen molar-refractivity contribution in [3.8, 4) is 0 Å². The molecule has 0 unspecified atom stereocenters. The maximum Gasteiger partial charge on any atom is 0.306 e. The third-order valence-electron chi connectivity index (χ3n) is 11.8. The van der Waals surface area contributed by atoms with Crippen LogP contribution in [0, 0.1) is 0 Å². The minimum Gasteiger partial charge on any atom is -0.462 e. The first-order valence-electron chi connectivity index (χ1n) is 27.1. The van der Waals surface area contributed by atoms with Gasteiger partial charge < -0.3 is 14.2 Å². The van der Waals surface area contributed by atoms with Crippen molar-refractivity contribution in [1.82, 2.24) is 0 Å². The molecule has 0 spiro atoms. The van der Waals surface area contributed by atoms with Crippen LogP contribution in [-0.2, 0) is 28.6 Å². The minimum absolute atomic E-state index is 0.0843. The molecule has 0 saturated heterocycles. The Kier molecular flexibility index (Phi) is 49.8.